The number of pyridine rings is 1. The summed E-state index contributed by atoms with van der Waals surface area (Å²) in [6.45, 7) is 7.14. The van der Waals surface area contributed by atoms with Gasteiger partial charge in [0.1, 0.15) is 0 Å². The summed E-state index contributed by atoms with van der Waals surface area (Å²) in [6, 6.07) is 24.8. The van der Waals surface area contributed by atoms with Crippen LogP contribution in [0.5, 0.6) is 0 Å². The van der Waals surface area contributed by atoms with Crippen LogP contribution in [0.3, 0.4) is 0 Å². The highest BCUT2D eigenvalue weighted by Gasteiger charge is 2.50. The van der Waals surface area contributed by atoms with Crippen molar-refractivity contribution < 1.29 is 14.6 Å². The smallest absolute Gasteiger partial charge is 0.261 e. The Kier molecular flexibility index (Phi) is 6.65. The number of rotatable bonds is 7. The van der Waals surface area contributed by atoms with Gasteiger partial charge < -0.3 is 14.6 Å². The molecule has 0 bridgehead atoms. The van der Waals surface area contributed by atoms with Crippen LogP contribution in [-0.4, -0.2) is 29.8 Å². The first-order valence-electron chi connectivity index (χ1n) is 9.88. The van der Waals surface area contributed by atoms with Gasteiger partial charge in [-0.25, -0.2) is 0 Å². The first kappa shape index (κ1) is 21.4. The highest BCUT2D eigenvalue weighted by Crippen LogP contribution is 2.37. The van der Waals surface area contributed by atoms with Gasteiger partial charge in [-0.2, -0.15) is 0 Å². The average molecular weight is 408 g/mol. The number of hydrogen-bond donors (Lipinski definition) is 2. The maximum absolute atomic E-state index is 9.14. The molecule has 0 saturated heterocycles. The quantitative estimate of drug-likeness (QED) is 0.467. The highest BCUT2D eigenvalue weighted by molar-refractivity contribution is 6.99. The Hall–Kier alpha value is -2.31. The molecule has 0 spiro atoms. The third-order valence-electron chi connectivity index (χ3n) is 5.16. The summed E-state index contributed by atoms with van der Waals surface area (Å²) in [5, 5.41) is 20.7. The lowest BCUT2D eigenvalue weighted by Crippen LogP contribution is -2.66. The van der Waals surface area contributed by atoms with Crippen LogP contribution in [0.4, 0.5) is 0 Å². The molecule has 3 aromatic rings. The van der Waals surface area contributed by atoms with E-state index in [1.165, 1.54) is 10.4 Å². The monoisotopic (exact) mass is 407 g/mol. The largest absolute Gasteiger partial charge is 0.402 e. The molecule has 0 atom stereocenters. The fourth-order valence-corrected chi connectivity index (χ4v) is 8.34. The van der Waals surface area contributed by atoms with Crippen molar-refractivity contribution in [2.24, 2.45) is 0 Å². The number of aromatic nitrogens is 1. The molecule has 0 aliphatic rings. The van der Waals surface area contributed by atoms with Crippen molar-refractivity contribution in [1.82, 2.24) is 4.98 Å². The zero-order valence-electron chi connectivity index (χ0n) is 17.2. The molecule has 0 saturated carbocycles. The van der Waals surface area contributed by atoms with Gasteiger partial charge in [-0.05, 0) is 27.0 Å². The first-order valence-corrected chi connectivity index (χ1v) is 11.8. The van der Waals surface area contributed by atoms with Crippen LogP contribution in [0.15, 0.2) is 79.0 Å². The van der Waals surface area contributed by atoms with Crippen LogP contribution < -0.4 is 10.4 Å². The normalized spacial score (nSPS) is 12.3. The summed E-state index contributed by atoms with van der Waals surface area (Å²) in [5.74, 6) is 0. The zero-order chi connectivity index (χ0) is 20.9. The topological polar surface area (TPSA) is 62.6 Å². The van der Waals surface area contributed by atoms with Crippen molar-refractivity contribution in [2.75, 3.05) is 0 Å². The van der Waals surface area contributed by atoms with Crippen molar-refractivity contribution in [2.45, 2.75) is 45.1 Å². The highest BCUT2D eigenvalue weighted by atomic mass is 28.4. The van der Waals surface area contributed by atoms with Gasteiger partial charge in [-0.15, -0.1) is 0 Å². The van der Waals surface area contributed by atoms with Gasteiger partial charge >= 0.3 is 0 Å². The Balaban J connectivity index is 1.98. The van der Waals surface area contributed by atoms with Crippen molar-refractivity contribution >= 4 is 18.7 Å². The van der Waals surface area contributed by atoms with E-state index in [2.05, 4.69) is 74.3 Å². The third kappa shape index (κ3) is 4.82. The summed E-state index contributed by atoms with van der Waals surface area (Å²) in [5.41, 5.74) is 1.61. The molecule has 4 nitrogen and oxygen atoms in total. The van der Waals surface area contributed by atoms with Gasteiger partial charge in [0, 0.05) is 12.6 Å². The number of nitrogens with zero attached hydrogens (tertiary/aromatic N) is 1. The fraction of sp³-hybridized carbons (Fsp3) is 0.292. The predicted octanol–water partition coefficient (Wildman–Crippen LogP) is 3.01. The lowest BCUT2D eigenvalue weighted by Gasteiger charge is -2.43. The molecule has 152 valence electrons. The molecule has 2 N–H and O–H groups in total. The average Bonchev–Trinajstić information content (AvgIpc) is 2.70. The molecule has 0 radical (unpaired) electrons. The summed E-state index contributed by atoms with van der Waals surface area (Å²) in [7, 11) is -2.59. The lowest BCUT2D eigenvalue weighted by molar-refractivity contribution is -0.0382. The van der Waals surface area contributed by atoms with Gasteiger partial charge in [0.05, 0.1) is 12.3 Å². The maximum Gasteiger partial charge on any atom is 0.261 e. The second-order valence-electron chi connectivity index (χ2n) is 8.29. The molecule has 29 heavy (non-hydrogen) atoms. The van der Waals surface area contributed by atoms with Gasteiger partial charge in [0.15, 0.2) is 6.29 Å². The zero-order valence-corrected chi connectivity index (χ0v) is 18.2. The number of aliphatic hydroxyl groups excluding tert-OH is 1. The summed E-state index contributed by atoms with van der Waals surface area (Å²) in [4.78, 5) is 4.48. The molecule has 0 unspecified atom stereocenters. The molecular weight excluding hydrogens is 378 g/mol. The molecule has 0 amide bonds. The molecule has 0 aliphatic carbocycles. The Bertz CT molecular complexity index is 851. The van der Waals surface area contributed by atoms with Crippen molar-refractivity contribution in [3.05, 3.63) is 90.3 Å². The van der Waals surface area contributed by atoms with E-state index in [0.29, 0.717) is 6.61 Å². The Morgan fingerprint density at radius 1 is 0.862 bits per heavy atom. The van der Waals surface area contributed by atoms with Crippen molar-refractivity contribution in [3.8, 4) is 0 Å². The van der Waals surface area contributed by atoms with E-state index in [4.69, 9.17) is 14.6 Å². The maximum atomic E-state index is 9.14. The van der Waals surface area contributed by atoms with Crippen molar-refractivity contribution in [3.63, 3.8) is 0 Å². The Labute approximate surface area is 174 Å². The number of hydrogen-bond acceptors (Lipinski definition) is 4. The minimum absolute atomic E-state index is 0.0867. The molecule has 3 rings (SSSR count). The predicted molar refractivity (Wildman–Crippen MR) is 119 cm³/mol. The Morgan fingerprint density at radius 3 is 1.83 bits per heavy atom. The molecule has 1 aromatic heterocycles. The van der Waals surface area contributed by atoms with E-state index in [0.717, 1.165) is 11.3 Å². The van der Waals surface area contributed by atoms with Crippen LogP contribution in [0.1, 0.15) is 32.0 Å². The molecule has 1 heterocycles. The molecule has 2 aromatic carbocycles. The molecular formula is C24H29NO3Si. The lowest BCUT2D eigenvalue weighted by atomic mass is 10.2. The molecule has 0 aliphatic heterocycles. The second-order valence-corrected chi connectivity index (χ2v) is 12.6. The Morgan fingerprint density at radius 2 is 1.41 bits per heavy atom. The summed E-state index contributed by atoms with van der Waals surface area (Å²) in [6.07, 6.45) is 0.489. The van der Waals surface area contributed by atoms with Crippen LogP contribution in [0, 0.1) is 0 Å². The van der Waals surface area contributed by atoms with Crippen molar-refractivity contribution in [1.29, 1.82) is 0 Å². The third-order valence-corrected chi connectivity index (χ3v) is 10.1. The molecule has 0 fully saturated rings. The SMILES string of the molecule is CC(C)(C)[Si](OCc1ccc(CC(O)O)cn1)(c1ccccc1)c1ccccc1. The summed E-state index contributed by atoms with van der Waals surface area (Å²) >= 11 is 0. The van der Waals surface area contributed by atoms with E-state index in [9.17, 15) is 0 Å². The van der Waals surface area contributed by atoms with Gasteiger partial charge in [-0.3, -0.25) is 4.98 Å². The van der Waals surface area contributed by atoms with E-state index in [-0.39, 0.29) is 11.5 Å². The second kappa shape index (κ2) is 9.01. The minimum Gasteiger partial charge on any atom is -0.402 e. The number of aliphatic hydroxyl groups is 2. The molecule has 5 heteroatoms. The summed E-state index contributed by atoms with van der Waals surface area (Å²) < 4.78 is 6.85. The van der Waals surface area contributed by atoms with Crippen LogP contribution in [-0.2, 0) is 17.5 Å². The van der Waals surface area contributed by atoms with Gasteiger partial charge in [0.2, 0.25) is 0 Å². The van der Waals surface area contributed by atoms with Crippen LogP contribution in [0.25, 0.3) is 0 Å². The van der Waals surface area contributed by atoms with Gasteiger partial charge in [0.25, 0.3) is 8.32 Å². The van der Waals surface area contributed by atoms with E-state index >= 15 is 0 Å². The van der Waals surface area contributed by atoms with Crippen LogP contribution in [0.2, 0.25) is 5.04 Å². The van der Waals surface area contributed by atoms with E-state index < -0.39 is 14.6 Å². The van der Waals surface area contributed by atoms with Gasteiger partial charge in [-0.1, -0.05) is 87.5 Å². The van der Waals surface area contributed by atoms with Crippen LogP contribution >= 0.6 is 0 Å². The van der Waals surface area contributed by atoms with E-state index in [1.54, 1.807) is 6.20 Å². The fourth-order valence-electron chi connectivity index (χ4n) is 3.82. The van der Waals surface area contributed by atoms with E-state index in [1.807, 2.05) is 24.3 Å². The number of benzene rings is 2. The minimum atomic E-state index is -2.59. The standard InChI is InChI=1S/C24H29NO3Si/c1-24(2,3)29(21-10-6-4-7-11-21,22-12-8-5-9-13-22)28-18-20-15-14-19(17-25-20)16-23(26)27/h4-15,17,23,26-27H,16,18H2,1-3H3. The first-order chi connectivity index (χ1) is 13.8.